The molecule has 14 heavy (non-hydrogen) atoms. The Kier molecular flexibility index (Phi) is 7.96. The van der Waals surface area contributed by atoms with Gasteiger partial charge in [-0.05, 0) is 7.05 Å². The fraction of sp³-hybridized carbons (Fsp3) is 0.667. The average molecular weight is 227 g/mol. The highest BCUT2D eigenvalue weighted by molar-refractivity contribution is 7.88. The molecule has 0 amide bonds. The molecule has 7 nitrogen and oxygen atoms in total. The second-order valence-electron chi connectivity index (χ2n) is 2.26. The maximum absolute atomic E-state index is 9.89. The number of carboxylic acids is 2. The van der Waals surface area contributed by atoms with E-state index >= 15 is 0 Å². The van der Waals surface area contributed by atoms with Gasteiger partial charge in [-0.3, -0.25) is 9.59 Å². The van der Waals surface area contributed by atoms with E-state index in [0.717, 1.165) is 6.26 Å². The minimum absolute atomic E-state index is 0.296. The lowest BCUT2D eigenvalue weighted by Crippen LogP contribution is -2.15. The van der Waals surface area contributed by atoms with E-state index < -0.39 is 22.0 Å². The Bertz CT molecular complexity index is 269. The molecule has 0 spiro atoms. The summed E-state index contributed by atoms with van der Waals surface area (Å²) >= 11 is 0. The van der Waals surface area contributed by atoms with Crippen molar-refractivity contribution >= 4 is 22.0 Å². The number of carboxylic acid groups (broad SMARTS) is 2. The van der Waals surface area contributed by atoms with Crippen LogP contribution in [0.25, 0.3) is 0 Å². The van der Waals surface area contributed by atoms with Crippen molar-refractivity contribution in [1.82, 2.24) is 4.72 Å². The molecule has 0 aromatic carbocycles. The highest BCUT2D eigenvalue weighted by Gasteiger charge is 2.00. The van der Waals surface area contributed by atoms with Crippen molar-refractivity contribution in [2.75, 3.05) is 13.3 Å². The van der Waals surface area contributed by atoms with Gasteiger partial charge in [0.05, 0.1) is 19.1 Å². The number of hydrogen-bond acceptors (Lipinski definition) is 4. The molecule has 0 fully saturated rings. The quantitative estimate of drug-likeness (QED) is 0.572. The van der Waals surface area contributed by atoms with E-state index in [9.17, 15) is 18.0 Å². The van der Waals surface area contributed by atoms with E-state index in [4.69, 9.17) is 10.2 Å². The topological polar surface area (TPSA) is 121 Å². The molecule has 0 radical (unpaired) electrons. The molecule has 0 heterocycles. The molecule has 0 unspecified atom stereocenters. The van der Waals surface area contributed by atoms with Gasteiger partial charge in [0.15, 0.2) is 0 Å². The molecular formula is C6H13NO6S. The van der Waals surface area contributed by atoms with Crippen molar-refractivity contribution in [1.29, 1.82) is 0 Å². The van der Waals surface area contributed by atoms with Crippen LogP contribution in [0.1, 0.15) is 12.8 Å². The van der Waals surface area contributed by atoms with Crippen LogP contribution in [-0.4, -0.2) is 43.9 Å². The van der Waals surface area contributed by atoms with Gasteiger partial charge >= 0.3 is 11.9 Å². The monoisotopic (exact) mass is 227 g/mol. The molecular weight excluding hydrogens is 214 g/mol. The third-order valence-corrected chi connectivity index (χ3v) is 1.67. The fourth-order valence-corrected chi connectivity index (χ4v) is 0.214. The van der Waals surface area contributed by atoms with Crippen LogP contribution in [0.4, 0.5) is 0 Å². The first-order valence-electron chi connectivity index (χ1n) is 3.51. The van der Waals surface area contributed by atoms with Gasteiger partial charge in [0.1, 0.15) is 0 Å². The normalized spacial score (nSPS) is 9.86. The summed E-state index contributed by atoms with van der Waals surface area (Å²) in [6.45, 7) is 0. The van der Waals surface area contributed by atoms with E-state index in [1.165, 1.54) is 7.05 Å². The van der Waals surface area contributed by atoms with Crippen LogP contribution in [-0.2, 0) is 19.6 Å². The molecule has 0 rings (SSSR count). The summed E-state index contributed by atoms with van der Waals surface area (Å²) in [5.74, 6) is -2.15. The summed E-state index contributed by atoms with van der Waals surface area (Å²) in [4.78, 5) is 19.3. The minimum Gasteiger partial charge on any atom is -0.481 e. The Hall–Kier alpha value is -1.15. The zero-order chi connectivity index (χ0) is 11.8. The molecule has 0 saturated heterocycles. The van der Waals surface area contributed by atoms with E-state index in [1.807, 2.05) is 0 Å². The van der Waals surface area contributed by atoms with Crippen molar-refractivity contribution in [3.05, 3.63) is 0 Å². The van der Waals surface area contributed by atoms with Crippen LogP contribution in [0, 0.1) is 0 Å². The first-order chi connectivity index (χ1) is 6.19. The van der Waals surface area contributed by atoms with Gasteiger partial charge in [0, 0.05) is 0 Å². The highest BCUT2D eigenvalue weighted by atomic mass is 32.2. The van der Waals surface area contributed by atoms with E-state index in [0.29, 0.717) is 0 Å². The SMILES string of the molecule is CNS(C)(=O)=O.O=C(O)CCC(=O)O. The highest BCUT2D eigenvalue weighted by Crippen LogP contribution is 1.86. The molecule has 0 bridgehead atoms. The van der Waals surface area contributed by atoms with Crippen molar-refractivity contribution in [2.45, 2.75) is 12.8 Å². The van der Waals surface area contributed by atoms with Crippen LogP contribution in [0.5, 0.6) is 0 Å². The molecule has 0 aliphatic carbocycles. The van der Waals surface area contributed by atoms with Crippen molar-refractivity contribution in [3.63, 3.8) is 0 Å². The first-order valence-corrected chi connectivity index (χ1v) is 5.40. The second-order valence-corrected chi connectivity index (χ2v) is 4.22. The van der Waals surface area contributed by atoms with Crippen LogP contribution in [0.2, 0.25) is 0 Å². The van der Waals surface area contributed by atoms with Crippen molar-refractivity contribution in [2.24, 2.45) is 0 Å². The van der Waals surface area contributed by atoms with Gasteiger partial charge in [-0.25, -0.2) is 13.1 Å². The number of aliphatic carboxylic acids is 2. The molecule has 84 valence electrons. The summed E-state index contributed by atoms with van der Waals surface area (Å²) in [7, 11) is -1.54. The first kappa shape index (κ1) is 15.3. The van der Waals surface area contributed by atoms with Gasteiger partial charge in [-0.15, -0.1) is 0 Å². The van der Waals surface area contributed by atoms with Gasteiger partial charge in [-0.1, -0.05) is 0 Å². The smallest absolute Gasteiger partial charge is 0.303 e. The van der Waals surface area contributed by atoms with Crippen LogP contribution in [0.3, 0.4) is 0 Å². The predicted octanol–water partition coefficient (Wildman–Crippen LogP) is -0.899. The van der Waals surface area contributed by atoms with Crippen LogP contribution >= 0.6 is 0 Å². The molecule has 0 atom stereocenters. The lowest BCUT2D eigenvalue weighted by Gasteiger charge is -1.85. The van der Waals surface area contributed by atoms with E-state index in [-0.39, 0.29) is 12.8 Å². The Balaban J connectivity index is 0. The average Bonchev–Trinajstić information content (AvgIpc) is 2.01. The molecule has 0 aromatic rings. The number of carbonyl (C=O) groups is 2. The van der Waals surface area contributed by atoms with Gasteiger partial charge < -0.3 is 10.2 Å². The molecule has 0 saturated carbocycles. The Labute approximate surface area is 81.8 Å². The molecule has 0 aliphatic heterocycles. The van der Waals surface area contributed by atoms with Gasteiger partial charge in [0.2, 0.25) is 10.0 Å². The molecule has 0 aromatic heterocycles. The van der Waals surface area contributed by atoms with Crippen molar-refractivity contribution < 1.29 is 28.2 Å². The standard InChI is InChI=1S/C4H6O4.C2H7NO2S/c5-3(6)1-2-4(7)8;1-3-6(2,4)5/h1-2H2,(H,5,6)(H,7,8);3H,1-2H3. The lowest BCUT2D eigenvalue weighted by atomic mass is 10.3. The molecule has 0 aliphatic rings. The van der Waals surface area contributed by atoms with Crippen molar-refractivity contribution in [3.8, 4) is 0 Å². The largest absolute Gasteiger partial charge is 0.481 e. The zero-order valence-corrected chi connectivity index (χ0v) is 8.67. The van der Waals surface area contributed by atoms with Gasteiger partial charge in [-0.2, -0.15) is 0 Å². The Morgan fingerprint density at radius 3 is 1.43 bits per heavy atom. The third kappa shape index (κ3) is 22.4. The van der Waals surface area contributed by atoms with E-state index in [1.54, 1.807) is 0 Å². The predicted molar refractivity (Wildman–Crippen MR) is 48.4 cm³/mol. The Morgan fingerprint density at radius 1 is 1.14 bits per heavy atom. The number of nitrogens with one attached hydrogen (secondary N) is 1. The Morgan fingerprint density at radius 2 is 1.36 bits per heavy atom. The number of hydrogen-bond donors (Lipinski definition) is 3. The van der Waals surface area contributed by atoms with E-state index in [2.05, 4.69) is 4.72 Å². The maximum Gasteiger partial charge on any atom is 0.303 e. The summed E-state index contributed by atoms with van der Waals surface area (Å²) in [5.41, 5.74) is 0. The molecule has 8 heteroatoms. The fourth-order valence-electron chi connectivity index (χ4n) is 0.214. The maximum atomic E-state index is 9.89. The third-order valence-electron chi connectivity index (χ3n) is 0.924. The second kappa shape index (κ2) is 7.27. The number of sulfonamides is 1. The van der Waals surface area contributed by atoms with Crippen LogP contribution < -0.4 is 4.72 Å². The van der Waals surface area contributed by atoms with Crippen LogP contribution in [0.15, 0.2) is 0 Å². The molecule has 3 N–H and O–H groups in total. The minimum atomic E-state index is -2.91. The van der Waals surface area contributed by atoms with Gasteiger partial charge in [0.25, 0.3) is 0 Å². The summed E-state index contributed by atoms with van der Waals surface area (Å²) in [6.07, 6.45) is 0.512. The summed E-state index contributed by atoms with van der Waals surface area (Å²) < 4.78 is 21.9. The summed E-state index contributed by atoms with van der Waals surface area (Å²) in [5, 5.41) is 15.8. The lowest BCUT2D eigenvalue weighted by molar-refractivity contribution is -0.143. The zero-order valence-electron chi connectivity index (χ0n) is 7.85. The summed E-state index contributed by atoms with van der Waals surface area (Å²) in [6, 6.07) is 0. The number of rotatable bonds is 4.